The van der Waals surface area contributed by atoms with Gasteiger partial charge in [-0.05, 0) is 30.6 Å². The number of nitrogens with one attached hydrogen (secondary N) is 1. The van der Waals surface area contributed by atoms with Crippen molar-refractivity contribution in [1.82, 2.24) is 10.2 Å². The highest BCUT2D eigenvalue weighted by Crippen LogP contribution is 2.34. The van der Waals surface area contributed by atoms with E-state index in [0.717, 1.165) is 12.8 Å². The molecule has 2 unspecified atom stereocenters. The highest BCUT2D eigenvalue weighted by Gasteiger charge is 2.49. The van der Waals surface area contributed by atoms with Crippen molar-refractivity contribution in [3.05, 3.63) is 0 Å². The Balaban J connectivity index is 2.31. The normalized spacial score (nSPS) is 29.5. The minimum absolute atomic E-state index is 0.0152. The summed E-state index contributed by atoms with van der Waals surface area (Å²) in [6.07, 6.45) is 3.25. The third-order valence-corrected chi connectivity index (χ3v) is 4.32. The average molecular weight is 266 g/mol. The van der Waals surface area contributed by atoms with E-state index in [1.807, 2.05) is 39.5 Å². The van der Waals surface area contributed by atoms with Crippen LogP contribution in [-0.4, -0.2) is 34.8 Å². The molecule has 0 aromatic carbocycles. The molecular weight excluding hydrogens is 240 g/mol. The van der Waals surface area contributed by atoms with Gasteiger partial charge in [0.2, 0.25) is 11.8 Å². The zero-order valence-corrected chi connectivity index (χ0v) is 12.7. The Hall–Kier alpha value is -1.06. The molecule has 1 aliphatic heterocycles. The first-order valence-electron chi connectivity index (χ1n) is 7.36. The number of hydrogen-bond donors (Lipinski definition) is 1. The fourth-order valence-corrected chi connectivity index (χ4v) is 2.98. The van der Waals surface area contributed by atoms with E-state index in [9.17, 15) is 9.59 Å². The van der Waals surface area contributed by atoms with Crippen molar-refractivity contribution < 1.29 is 9.59 Å². The highest BCUT2D eigenvalue weighted by molar-refractivity contribution is 5.97. The molecule has 1 saturated carbocycles. The molecule has 2 atom stereocenters. The molecule has 2 aliphatic rings. The van der Waals surface area contributed by atoms with Crippen molar-refractivity contribution in [3.63, 3.8) is 0 Å². The molecule has 1 N–H and O–H groups in total. The van der Waals surface area contributed by atoms with Crippen molar-refractivity contribution in [2.24, 2.45) is 11.3 Å². The average Bonchev–Trinajstić information content (AvgIpc) is 2.18. The summed E-state index contributed by atoms with van der Waals surface area (Å²) in [5.41, 5.74) is -0.239. The van der Waals surface area contributed by atoms with E-state index >= 15 is 0 Å². The van der Waals surface area contributed by atoms with E-state index in [-0.39, 0.29) is 35.2 Å². The Morgan fingerprint density at radius 2 is 1.79 bits per heavy atom. The fraction of sp³-hybridized carbons (Fsp3) is 0.867. The molecule has 2 amide bonds. The lowest BCUT2D eigenvalue weighted by atomic mass is 9.80. The van der Waals surface area contributed by atoms with E-state index in [4.69, 9.17) is 0 Å². The Bertz CT molecular complexity index is 380. The van der Waals surface area contributed by atoms with Gasteiger partial charge >= 0.3 is 0 Å². The number of carbonyl (C=O) groups excluding carboxylic acids is 2. The molecule has 2 fully saturated rings. The summed E-state index contributed by atoms with van der Waals surface area (Å²) in [5, 5.41) is 2.94. The van der Waals surface area contributed by atoms with Crippen LogP contribution in [0.25, 0.3) is 0 Å². The van der Waals surface area contributed by atoms with Gasteiger partial charge in [0.25, 0.3) is 0 Å². The second-order valence-corrected chi connectivity index (χ2v) is 7.33. The number of amides is 2. The Labute approximate surface area is 115 Å². The maximum absolute atomic E-state index is 12.8. The van der Waals surface area contributed by atoms with E-state index in [1.165, 1.54) is 6.42 Å². The lowest BCUT2D eigenvalue weighted by molar-refractivity contribution is -0.159. The summed E-state index contributed by atoms with van der Waals surface area (Å²) < 4.78 is 0. The molecule has 1 aliphatic carbocycles. The molecule has 0 spiro atoms. The van der Waals surface area contributed by atoms with Crippen LogP contribution in [-0.2, 0) is 9.59 Å². The standard InChI is InChI=1S/C15H26N2O2/c1-9(2)11-13(18)16-12(15(3,4)5)14(19)17(11)10-7-6-8-10/h9-12H,6-8H2,1-5H3,(H,16,18). The van der Waals surface area contributed by atoms with Gasteiger partial charge in [-0.25, -0.2) is 0 Å². The van der Waals surface area contributed by atoms with Crippen LogP contribution in [0.3, 0.4) is 0 Å². The molecule has 19 heavy (non-hydrogen) atoms. The first-order chi connectivity index (χ1) is 8.73. The summed E-state index contributed by atoms with van der Waals surface area (Å²) >= 11 is 0. The topological polar surface area (TPSA) is 49.4 Å². The van der Waals surface area contributed by atoms with Crippen LogP contribution < -0.4 is 5.32 Å². The molecule has 2 rings (SSSR count). The summed E-state index contributed by atoms with van der Waals surface area (Å²) in [6, 6.07) is -0.414. The second kappa shape index (κ2) is 4.80. The van der Waals surface area contributed by atoms with Crippen molar-refractivity contribution in [1.29, 1.82) is 0 Å². The van der Waals surface area contributed by atoms with E-state index in [1.54, 1.807) is 0 Å². The van der Waals surface area contributed by atoms with Gasteiger partial charge < -0.3 is 10.2 Å². The van der Waals surface area contributed by atoms with Gasteiger partial charge in [-0.15, -0.1) is 0 Å². The maximum Gasteiger partial charge on any atom is 0.246 e. The molecule has 0 bridgehead atoms. The van der Waals surface area contributed by atoms with Crippen molar-refractivity contribution in [3.8, 4) is 0 Å². The fourth-order valence-electron chi connectivity index (χ4n) is 2.98. The van der Waals surface area contributed by atoms with E-state index in [2.05, 4.69) is 5.32 Å². The van der Waals surface area contributed by atoms with Crippen LogP contribution in [0.2, 0.25) is 0 Å². The predicted octanol–water partition coefficient (Wildman–Crippen LogP) is 1.94. The maximum atomic E-state index is 12.8. The lowest BCUT2D eigenvalue weighted by Crippen LogP contribution is -2.70. The first-order valence-corrected chi connectivity index (χ1v) is 7.36. The first kappa shape index (κ1) is 14.4. The second-order valence-electron chi connectivity index (χ2n) is 7.33. The number of piperazine rings is 1. The smallest absolute Gasteiger partial charge is 0.246 e. The largest absolute Gasteiger partial charge is 0.342 e. The molecule has 1 saturated heterocycles. The van der Waals surface area contributed by atoms with E-state index < -0.39 is 6.04 Å². The molecule has 0 radical (unpaired) electrons. The quantitative estimate of drug-likeness (QED) is 0.830. The summed E-state index contributed by atoms with van der Waals surface area (Å²) in [7, 11) is 0. The van der Waals surface area contributed by atoms with Crippen LogP contribution in [0.1, 0.15) is 53.9 Å². The van der Waals surface area contributed by atoms with Crippen molar-refractivity contribution >= 4 is 11.8 Å². The van der Waals surface area contributed by atoms with Gasteiger partial charge in [0.15, 0.2) is 0 Å². The molecule has 0 aromatic rings. The summed E-state index contributed by atoms with van der Waals surface area (Å²) in [4.78, 5) is 27.1. The summed E-state index contributed by atoms with van der Waals surface area (Å²) in [5.74, 6) is 0.280. The number of carbonyl (C=O) groups is 2. The minimum Gasteiger partial charge on any atom is -0.342 e. The van der Waals surface area contributed by atoms with Gasteiger partial charge in [0.1, 0.15) is 12.1 Å². The van der Waals surface area contributed by atoms with Crippen LogP contribution in [0.4, 0.5) is 0 Å². The van der Waals surface area contributed by atoms with E-state index in [0.29, 0.717) is 0 Å². The molecule has 4 nitrogen and oxygen atoms in total. The van der Waals surface area contributed by atoms with Gasteiger partial charge in [-0.1, -0.05) is 34.6 Å². The number of rotatable bonds is 2. The number of hydrogen-bond acceptors (Lipinski definition) is 2. The highest BCUT2D eigenvalue weighted by atomic mass is 16.2. The number of nitrogens with zero attached hydrogens (tertiary/aromatic N) is 1. The zero-order chi connectivity index (χ0) is 14.4. The van der Waals surface area contributed by atoms with Crippen LogP contribution in [0.15, 0.2) is 0 Å². The Kier molecular flexibility index (Phi) is 3.63. The van der Waals surface area contributed by atoms with Gasteiger partial charge in [0.05, 0.1) is 0 Å². The Morgan fingerprint density at radius 3 is 2.16 bits per heavy atom. The molecule has 108 valence electrons. The minimum atomic E-state index is -0.393. The van der Waals surface area contributed by atoms with Crippen LogP contribution >= 0.6 is 0 Å². The third-order valence-electron chi connectivity index (χ3n) is 4.32. The van der Waals surface area contributed by atoms with Crippen LogP contribution in [0, 0.1) is 11.3 Å². The van der Waals surface area contributed by atoms with Crippen molar-refractivity contribution in [2.45, 2.75) is 72.0 Å². The van der Waals surface area contributed by atoms with Gasteiger partial charge in [-0.2, -0.15) is 0 Å². The van der Waals surface area contributed by atoms with Crippen molar-refractivity contribution in [2.75, 3.05) is 0 Å². The molecule has 4 heteroatoms. The summed E-state index contributed by atoms with van der Waals surface area (Å²) in [6.45, 7) is 10.0. The molecular formula is C15H26N2O2. The monoisotopic (exact) mass is 266 g/mol. The zero-order valence-electron chi connectivity index (χ0n) is 12.7. The predicted molar refractivity (Wildman–Crippen MR) is 74.5 cm³/mol. The lowest BCUT2D eigenvalue weighted by Gasteiger charge is -2.50. The Morgan fingerprint density at radius 1 is 1.21 bits per heavy atom. The van der Waals surface area contributed by atoms with Gasteiger partial charge in [-0.3, -0.25) is 9.59 Å². The van der Waals surface area contributed by atoms with Crippen LogP contribution in [0.5, 0.6) is 0 Å². The molecule has 1 heterocycles. The SMILES string of the molecule is CC(C)C1C(=O)NC(C(C)(C)C)C(=O)N1C1CCC1. The molecule has 0 aromatic heterocycles. The van der Waals surface area contributed by atoms with Gasteiger partial charge in [0, 0.05) is 6.04 Å². The third kappa shape index (κ3) is 2.49.